The van der Waals surface area contributed by atoms with Crippen LogP contribution in [0.2, 0.25) is 5.02 Å². The van der Waals surface area contributed by atoms with Gasteiger partial charge in [0.25, 0.3) is 0 Å². The van der Waals surface area contributed by atoms with Gasteiger partial charge < -0.3 is 4.84 Å². The van der Waals surface area contributed by atoms with E-state index in [1.54, 1.807) is 23.9 Å². The smallest absolute Gasteiger partial charge is 0.142 e. The number of benzene rings is 2. The van der Waals surface area contributed by atoms with Crippen molar-refractivity contribution >= 4 is 34.7 Å². The minimum absolute atomic E-state index is 0.254. The number of aromatic nitrogens is 2. The summed E-state index contributed by atoms with van der Waals surface area (Å²) in [5, 5.41) is 5.17. The summed E-state index contributed by atoms with van der Waals surface area (Å²) in [5.74, 6) is 0.317. The lowest BCUT2D eigenvalue weighted by Crippen LogP contribution is -2.11. The molecule has 2 aromatic heterocycles. The Morgan fingerprint density at radius 3 is 2.58 bits per heavy atom. The average Bonchev–Trinajstić information content (AvgIpc) is 3.08. The van der Waals surface area contributed by atoms with Crippen molar-refractivity contribution in [3.63, 3.8) is 0 Å². The third-order valence-electron chi connectivity index (χ3n) is 4.74. The quantitative estimate of drug-likeness (QED) is 0.183. The molecule has 0 radical (unpaired) electrons. The van der Waals surface area contributed by atoms with E-state index in [2.05, 4.69) is 5.16 Å². The molecular formula is C24H21ClFN3OS. The first-order chi connectivity index (χ1) is 15.0. The lowest BCUT2D eigenvalue weighted by atomic mass is 10.2. The molecule has 0 bridgehead atoms. The van der Waals surface area contributed by atoms with Crippen molar-refractivity contribution in [2.75, 3.05) is 5.75 Å². The van der Waals surface area contributed by atoms with Gasteiger partial charge in [-0.05, 0) is 73.5 Å². The third-order valence-corrected chi connectivity index (χ3v) is 6.01. The Balaban J connectivity index is 1.62. The molecule has 0 aliphatic heterocycles. The van der Waals surface area contributed by atoms with Crippen molar-refractivity contribution in [2.45, 2.75) is 25.3 Å². The molecule has 0 aliphatic rings. The highest BCUT2D eigenvalue weighted by Crippen LogP contribution is 2.23. The Kier molecular flexibility index (Phi) is 6.59. The molecule has 0 aliphatic carbocycles. The van der Waals surface area contributed by atoms with Crippen LogP contribution in [0.3, 0.4) is 0 Å². The van der Waals surface area contributed by atoms with Gasteiger partial charge in [0.05, 0.1) is 11.4 Å². The number of aryl methyl sites for hydroxylation is 2. The third kappa shape index (κ3) is 5.27. The fourth-order valence-corrected chi connectivity index (χ4v) is 4.15. The highest BCUT2D eigenvalue weighted by molar-refractivity contribution is 8.00. The van der Waals surface area contributed by atoms with Crippen LogP contribution in [0.15, 0.2) is 76.9 Å². The molecule has 2 aromatic carbocycles. The monoisotopic (exact) mass is 453 g/mol. The van der Waals surface area contributed by atoms with Crippen LogP contribution >= 0.6 is 23.4 Å². The summed E-state index contributed by atoms with van der Waals surface area (Å²) in [7, 11) is 0. The second-order valence-electron chi connectivity index (χ2n) is 7.16. The second-order valence-corrected chi connectivity index (χ2v) is 8.64. The maximum atomic E-state index is 13.1. The molecule has 4 nitrogen and oxygen atoms in total. The Hall–Kier alpha value is -2.83. The fraction of sp³-hybridized carbons (Fsp3) is 0.167. The second kappa shape index (κ2) is 9.54. The maximum absolute atomic E-state index is 13.1. The van der Waals surface area contributed by atoms with E-state index in [9.17, 15) is 4.39 Å². The summed E-state index contributed by atoms with van der Waals surface area (Å²) in [6.07, 6.45) is 2.00. The first-order valence-electron chi connectivity index (χ1n) is 9.77. The van der Waals surface area contributed by atoms with E-state index in [4.69, 9.17) is 21.4 Å². The first-order valence-corrected chi connectivity index (χ1v) is 11.1. The number of fused-ring (bicyclic) bond motifs is 1. The van der Waals surface area contributed by atoms with Crippen molar-refractivity contribution in [2.24, 2.45) is 5.16 Å². The summed E-state index contributed by atoms with van der Waals surface area (Å²) in [6, 6.07) is 18.0. The lowest BCUT2D eigenvalue weighted by molar-refractivity contribution is 0.130. The van der Waals surface area contributed by atoms with Crippen molar-refractivity contribution in [1.29, 1.82) is 0 Å². The first kappa shape index (κ1) is 21.4. The van der Waals surface area contributed by atoms with Crippen LogP contribution in [-0.4, -0.2) is 20.8 Å². The van der Waals surface area contributed by atoms with Crippen LogP contribution in [0.5, 0.6) is 0 Å². The van der Waals surface area contributed by atoms with E-state index in [0.29, 0.717) is 10.8 Å². The van der Waals surface area contributed by atoms with Crippen LogP contribution < -0.4 is 0 Å². The predicted molar refractivity (Wildman–Crippen MR) is 125 cm³/mol. The van der Waals surface area contributed by atoms with Crippen LogP contribution in [0.4, 0.5) is 4.39 Å². The number of hydrogen-bond donors (Lipinski definition) is 0. The SMILES string of the molecule is Cc1ccn2c(/C(CSc3ccc(Cl)cc3)=N/OCc3ccc(F)cc3)c(C)nc2c1. The van der Waals surface area contributed by atoms with Crippen molar-refractivity contribution in [3.05, 3.63) is 100 Å². The normalized spacial score (nSPS) is 11.8. The zero-order valence-electron chi connectivity index (χ0n) is 17.2. The summed E-state index contributed by atoms with van der Waals surface area (Å²) in [4.78, 5) is 11.4. The van der Waals surface area contributed by atoms with Gasteiger partial charge in [-0.15, -0.1) is 11.8 Å². The van der Waals surface area contributed by atoms with E-state index in [1.807, 2.05) is 60.8 Å². The molecule has 7 heteroatoms. The van der Waals surface area contributed by atoms with Crippen molar-refractivity contribution in [3.8, 4) is 0 Å². The molecule has 0 fully saturated rings. The Bertz CT molecular complexity index is 1220. The van der Waals surface area contributed by atoms with Gasteiger partial charge in [0, 0.05) is 21.9 Å². The number of oxime groups is 1. The van der Waals surface area contributed by atoms with Gasteiger partial charge in [0.15, 0.2) is 0 Å². The standard InChI is InChI=1S/C24H21ClFN3OS/c1-16-11-12-29-23(13-16)27-17(2)24(29)22(15-31-21-9-5-19(25)6-10-21)28-30-14-18-3-7-20(26)8-4-18/h3-13H,14-15H2,1-2H3/b28-22+. The highest BCUT2D eigenvalue weighted by atomic mass is 35.5. The Morgan fingerprint density at radius 1 is 1.10 bits per heavy atom. The summed E-state index contributed by atoms with van der Waals surface area (Å²) < 4.78 is 15.2. The van der Waals surface area contributed by atoms with Crippen molar-refractivity contribution in [1.82, 2.24) is 9.38 Å². The molecule has 0 atom stereocenters. The summed E-state index contributed by atoms with van der Waals surface area (Å²) in [6.45, 7) is 4.27. The molecule has 158 valence electrons. The Morgan fingerprint density at radius 2 is 1.84 bits per heavy atom. The number of halogens is 2. The van der Waals surface area contributed by atoms with Crippen LogP contribution in [-0.2, 0) is 11.4 Å². The van der Waals surface area contributed by atoms with Gasteiger partial charge >= 0.3 is 0 Å². The molecule has 0 amide bonds. The van der Waals surface area contributed by atoms with Crippen LogP contribution in [0, 0.1) is 19.7 Å². The molecule has 0 spiro atoms. The van der Waals surface area contributed by atoms with Crippen LogP contribution in [0.1, 0.15) is 22.5 Å². The molecule has 2 heterocycles. The van der Waals surface area contributed by atoms with Gasteiger partial charge in [-0.1, -0.05) is 28.9 Å². The average molecular weight is 454 g/mol. The van der Waals surface area contributed by atoms with Gasteiger partial charge in [0.1, 0.15) is 23.8 Å². The molecule has 4 aromatic rings. The number of hydrogen-bond acceptors (Lipinski definition) is 4. The molecule has 31 heavy (non-hydrogen) atoms. The lowest BCUT2D eigenvalue weighted by Gasteiger charge is -2.09. The zero-order chi connectivity index (χ0) is 21.8. The summed E-state index contributed by atoms with van der Waals surface area (Å²) in [5.41, 5.74) is 5.43. The summed E-state index contributed by atoms with van der Waals surface area (Å²) >= 11 is 7.65. The van der Waals surface area contributed by atoms with Gasteiger partial charge in [-0.25, -0.2) is 9.37 Å². The number of pyridine rings is 1. The number of nitrogens with zero attached hydrogens (tertiary/aromatic N) is 3. The number of imidazole rings is 1. The van der Waals surface area contributed by atoms with E-state index in [1.165, 1.54) is 12.1 Å². The minimum atomic E-state index is -0.274. The molecule has 0 saturated heterocycles. The molecule has 0 saturated carbocycles. The highest BCUT2D eigenvalue weighted by Gasteiger charge is 2.16. The van der Waals surface area contributed by atoms with Gasteiger partial charge in [-0.2, -0.15) is 0 Å². The largest absolute Gasteiger partial charge is 0.391 e. The Labute approximate surface area is 189 Å². The fourth-order valence-electron chi connectivity index (χ4n) is 3.20. The number of rotatable bonds is 7. The van der Waals surface area contributed by atoms with Gasteiger partial charge in [0.2, 0.25) is 0 Å². The predicted octanol–water partition coefficient (Wildman–Crippen LogP) is 6.46. The minimum Gasteiger partial charge on any atom is -0.391 e. The topological polar surface area (TPSA) is 38.9 Å². The molecule has 4 rings (SSSR count). The zero-order valence-corrected chi connectivity index (χ0v) is 18.8. The maximum Gasteiger partial charge on any atom is 0.142 e. The van der Waals surface area contributed by atoms with E-state index in [-0.39, 0.29) is 12.4 Å². The van der Waals surface area contributed by atoms with Crippen molar-refractivity contribution < 1.29 is 9.23 Å². The van der Waals surface area contributed by atoms with E-state index >= 15 is 0 Å². The molecule has 0 unspecified atom stereocenters. The van der Waals surface area contributed by atoms with E-state index in [0.717, 1.165) is 38.8 Å². The van der Waals surface area contributed by atoms with E-state index < -0.39 is 0 Å². The molecule has 0 N–H and O–H groups in total. The van der Waals surface area contributed by atoms with Crippen LogP contribution in [0.25, 0.3) is 5.65 Å². The number of thioether (sulfide) groups is 1. The molecular weight excluding hydrogens is 433 g/mol. The van der Waals surface area contributed by atoms with Gasteiger partial charge in [-0.3, -0.25) is 4.40 Å².